The number of carbonyl (C=O) groups excluding carboxylic acids is 1. The molecule has 2 aromatic rings. The highest BCUT2D eigenvalue weighted by molar-refractivity contribution is 6.37. The van der Waals surface area contributed by atoms with Crippen molar-refractivity contribution >= 4 is 30.6 Å². The minimum Gasteiger partial charge on any atom is -0.462 e. The van der Waals surface area contributed by atoms with Gasteiger partial charge in [0.2, 0.25) is 5.60 Å². The summed E-state index contributed by atoms with van der Waals surface area (Å²) in [5.74, 6) is -0.767. The van der Waals surface area contributed by atoms with Gasteiger partial charge in [-0.05, 0) is 12.0 Å². The van der Waals surface area contributed by atoms with E-state index in [1.165, 1.54) is 10.6 Å². The quantitative estimate of drug-likeness (QED) is 0.308. The molecule has 5 atom stereocenters. The Morgan fingerprint density at radius 2 is 2.24 bits per heavy atom. The van der Waals surface area contributed by atoms with Gasteiger partial charge < -0.3 is 31.2 Å². The Morgan fingerprint density at radius 1 is 1.55 bits per heavy atom. The first-order valence-corrected chi connectivity index (χ1v) is 8.89. The van der Waals surface area contributed by atoms with E-state index in [0.717, 1.165) is 6.33 Å². The molecule has 2 aromatic heterocycles. The Morgan fingerprint density at radius 3 is 2.86 bits per heavy atom. The molecule has 0 aromatic carbocycles. The number of hydrogen-bond donors (Lipinski definition) is 4. The molecule has 1 aliphatic rings. The number of esters is 1. The second-order valence-electron chi connectivity index (χ2n) is 7.23. The van der Waals surface area contributed by atoms with Crippen LogP contribution in [0.25, 0.3) is 5.52 Å². The van der Waals surface area contributed by atoms with Crippen molar-refractivity contribution in [2.75, 3.05) is 12.3 Å². The molecule has 0 aliphatic carbocycles. The number of aromatic nitrogens is 3. The molecule has 29 heavy (non-hydrogen) atoms. The van der Waals surface area contributed by atoms with Gasteiger partial charge in [-0.1, -0.05) is 19.3 Å². The lowest BCUT2D eigenvalue weighted by atomic mass is 9.90. The van der Waals surface area contributed by atoms with Crippen molar-refractivity contribution in [1.29, 1.82) is 5.26 Å². The number of aliphatic hydroxyl groups is 2. The predicted octanol–water partition coefficient (Wildman–Crippen LogP) is -2.53. The lowest BCUT2D eigenvalue weighted by molar-refractivity contribution is -0.153. The van der Waals surface area contributed by atoms with Crippen molar-refractivity contribution in [3.05, 3.63) is 18.1 Å². The smallest absolute Gasteiger partial charge is 0.323 e. The average Bonchev–Trinajstić information content (AvgIpc) is 3.16. The number of hydrogen-bond acceptors (Lipinski definition) is 10. The van der Waals surface area contributed by atoms with Crippen molar-refractivity contribution in [1.82, 2.24) is 14.6 Å². The van der Waals surface area contributed by atoms with Gasteiger partial charge in [0.05, 0.1) is 5.69 Å². The average molecular weight is 400 g/mol. The Balaban J connectivity index is 1.92. The van der Waals surface area contributed by atoms with Gasteiger partial charge in [0.25, 0.3) is 0 Å². The van der Waals surface area contributed by atoms with E-state index in [0.29, 0.717) is 0 Å². The number of nitrogen functional groups attached to an aromatic ring is 1. The van der Waals surface area contributed by atoms with E-state index in [4.69, 9.17) is 28.8 Å². The molecular weight excluding hydrogens is 379 g/mol. The number of rotatable bonds is 5. The number of fused-ring (bicyclic) bond motifs is 1. The zero-order valence-electron chi connectivity index (χ0n) is 15.9. The molecule has 0 bridgehead atoms. The molecule has 12 heteroatoms. The van der Waals surface area contributed by atoms with Gasteiger partial charge in [0.15, 0.2) is 5.82 Å². The number of aliphatic hydroxyl groups excluding tert-OH is 2. The fourth-order valence-electron chi connectivity index (χ4n) is 3.21. The van der Waals surface area contributed by atoms with Crippen molar-refractivity contribution in [3.8, 4) is 6.07 Å². The molecular formula is C17H21BN6O5. The van der Waals surface area contributed by atoms with Crippen LogP contribution in [0.3, 0.4) is 0 Å². The van der Waals surface area contributed by atoms with Crippen LogP contribution in [0.4, 0.5) is 5.82 Å². The van der Waals surface area contributed by atoms with Crippen LogP contribution in [0.15, 0.2) is 12.4 Å². The van der Waals surface area contributed by atoms with E-state index in [2.05, 4.69) is 10.1 Å². The largest absolute Gasteiger partial charge is 0.462 e. The number of ether oxygens (including phenoxy) is 2. The van der Waals surface area contributed by atoms with Gasteiger partial charge in [0.1, 0.15) is 56.7 Å². The van der Waals surface area contributed by atoms with E-state index < -0.39 is 42.5 Å². The summed E-state index contributed by atoms with van der Waals surface area (Å²) >= 11 is 0. The molecule has 11 nitrogen and oxygen atoms in total. The first kappa shape index (κ1) is 21.0. The van der Waals surface area contributed by atoms with Crippen molar-refractivity contribution in [2.24, 2.45) is 11.7 Å². The third kappa shape index (κ3) is 3.32. The number of nitrogens with two attached hydrogens (primary N) is 2. The van der Waals surface area contributed by atoms with Crippen molar-refractivity contribution in [3.63, 3.8) is 0 Å². The van der Waals surface area contributed by atoms with Crippen molar-refractivity contribution < 1.29 is 24.5 Å². The van der Waals surface area contributed by atoms with Crippen LogP contribution in [0.2, 0.25) is 0 Å². The highest BCUT2D eigenvalue weighted by atomic mass is 16.6. The van der Waals surface area contributed by atoms with Crippen LogP contribution in [0, 0.1) is 17.2 Å². The van der Waals surface area contributed by atoms with Gasteiger partial charge in [-0.15, -0.1) is 0 Å². The van der Waals surface area contributed by atoms with E-state index in [1.807, 2.05) is 6.07 Å². The van der Waals surface area contributed by atoms with E-state index in [-0.39, 0.29) is 28.4 Å². The minimum absolute atomic E-state index is 0.0564. The third-order valence-corrected chi connectivity index (χ3v) is 5.00. The lowest BCUT2D eigenvalue weighted by Crippen LogP contribution is -2.41. The van der Waals surface area contributed by atoms with Crippen LogP contribution in [0.5, 0.6) is 0 Å². The van der Waals surface area contributed by atoms with Gasteiger partial charge in [0, 0.05) is 0 Å². The molecule has 1 fully saturated rings. The van der Waals surface area contributed by atoms with Crippen LogP contribution < -0.4 is 16.9 Å². The van der Waals surface area contributed by atoms with E-state index >= 15 is 0 Å². The molecule has 152 valence electrons. The Labute approximate surface area is 167 Å². The van der Waals surface area contributed by atoms with E-state index in [9.17, 15) is 20.3 Å². The molecule has 1 aliphatic heterocycles. The number of carbonyl (C=O) groups is 1. The van der Waals surface area contributed by atoms with Crippen LogP contribution in [-0.4, -0.2) is 69.6 Å². The number of anilines is 1. The third-order valence-electron chi connectivity index (χ3n) is 5.00. The maximum Gasteiger partial charge on any atom is 0.323 e. The molecule has 3 rings (SSSR count). The molecule has 1 saturated heterocycles. The zero-order chi connectivity index (χ0) is 21.5. The topological polar surface area (TPSA) is 182 Å². The Bertz CT molecular complexity index is 975. The first-order valence-electron chi connectivity index (χ1n) is 8.89. The summed E-state index contributed by atoms with van der Waals surface area (Å²) in [5.41, 5.74) is 9.98. The fourth-order valence-corrected chi connectivity index (χ4v) is 3.21. The summed E-state index contributed by atoms with van der Waals surface area (Å²) in [6, 6.07) is 2.39. The first-order chi connectivity index (χ1) is 13.6. The summed E-state index contributed by atoms with van der Waals surface area (Å²) in [4.78, 5) is 15.8. The Kier molecular flexibility index (Phi) is 5.51. The second-order valence-corrected chi connectivity index (χ2v) is 7.23. The van der Waals surface area contributed by atoms with Crippen molar-refractivity contribution in [2.45, 2.75) is 43.8 Å². The molecule has 0 amide bonds. The number of nitriles is 1. The molecule has 6 N–H and O–H groups in total. The fraction of sp³-hybridized carbons (Fsp3) is 0.529. The second kappa shape index (κ2) is 7.60. The maximum absolute atomic E-state index is 12.0. The molecule has 0 unspecified atom stereocenters. The molecule has 2 radical (unpaired) electrons. The Hall–Kier alpha value is -2.72. The summed E-state index contributed by atoms with van der Waals surface area (Å²) in [7, 11) is 5.96. The highest BCUT2D eigenvalue weighted by Gasteiger charge is 2.58. The van der Waals surface area contributed by atoms with Crippen LogP contribution >= 0.6 is 0 Å². The van der Waals surface area contributed by atoms with Gasteiger partial charge in [-0.25, -0.2) is 9.50 Å². The minimum atomic E-state index is -2.03. The highest BCUT2D eigenvalue weighted by Crippen LogP contribution is 2.40. The normalized spacial score (nSPS) is 27.8. The summed E-state index contributed by atoms with van der Waals surface area (Å²) < 4.78 is 12.0. The van der Waals surface area contributed by atoms with E-state index in [1.54, 1.807) is 13.8 Å². The molecule has 0 saturated carbocycles. The number of nitrogens with zero attached hydrogens (tertiary/aromatic N) is 4. The molecule has 3 heterocycles. The summed E-state index contributed by atoms with van der Waals surface area (Å²) in [6.45, 7) is 3.11. The molecule has 0 spiro atoms. The van der Waals surface area contributed by atoms with Gasteiger partial charge in [-0.3, -0.25) is 4.79 Å². The predicted molar refractivity (Wildman–Crippen MR) is 101 cm³/mol. The van der Waals surface area contributed by atoms with Gasteiger partial charge >= 0.3 is 5.97 Å². The maximum atomic E-state index is 12.0. The summed E-state index contributed by atoms with van der Waals surface area (Å²) in [6.07, 6.45) is -3.23. The van der Waals surface area contributed by atoms with Crippen LogP contribution in [0.1, 0.15) is 19.5 Å². The van der Waals surface area contributed by atoms with Gasteiger partial charge in [-0.2, -0.15) is 10.4 Å². The van der Waals surface area contributed by atoms with Crippen LogP contribution in [-0.2, 0) is 19.9 Å². The summed E-state index contributed by atoms with van der Waals surface area (Å²) in [5, 5.41) is 34.9. The zero-order valence-corrected chi connectivity index (χ0v) is 15.9. The lowest BCUT2D eigenvalue weighted by Gasteiger charge is -2.24. The monoisotopic (exact) mass is 400 g/mol. The standard InChI is InChI=1S/C17H21BN6O5/c1-7(2)11(20)16(27)28-4-9-13(25)14(26)17(5-19,29-9)10-3-8(18)12-15(21)22-6-23-24(10)12/h3,6-7,9,11,13-14,25-26H,4,20H2,1-2H3,(H2,21,22,23)/t9-,11+,13-,14-,17+/m1/s1. The SMILES string of the molecule is [B]c1cc([C@]2(C#N)O[C@H](COC(=O)[C@@H](N)C(C)C)[C@@H](O)[C@H]2O)n2ncnc(N)c12.